The lowest BCUT2D eigenvalue weighted by molar-refractivity contribution is -0.137. The first-order chi connectivity index (χ1) is 21.2. The smallest absolute Gasteiger partial charge is 0.418 e. The number of methoxy groups -OCH3 is 1. The van der Waals surface area contributed by atoms with Crippen LogP contribution in [0.4, 0.5) is 18.9 Å². The van der Waals surface area contributed by atoms with Gasteiger partial charge in [-0.25, -0.2) is 0 Å². The molecule has 2 aliphatic rings. The molecule has 0 amide bonds. The van der Waals surface area contributed by atoms with Gasteiger partial charge in [-0.1, -0.05) is 48.5 Å². The van der Waals surface area contributed by atoms with Crippen molar-refractivity contribution in [1.82, 2.24) is 0 Å². The van der Waals surface area contributed by atoms with E-state index in [1.807, 2.05) is 42.5 Å². The molecule has 6 rings (SSSR count). The van der Waals surface area contributed by atoms with Crippen LogP contribution in [-0.4, -0.2) is 12.9 Å². The Balaban J connectivity index is 1.43. The van der Waals surface area contributed by atoms with Crippen LogP contribution in [0.15, 0.2) is 108 Å². The summed E-state index contributed by atoms with van der Waals surface area (Å²) in [5.74, 6) is -0.0153. The summed E-state index contributed by atoms with van der Waals surface area (Å²) in [6.45, 7) is 0.133. The SMILES string of the molecule is COc1ccc([C@H]2C(C#N)=C(N)N(c3ccccc3C(F)(F)F)C3=C2C(=O)CCC3)cc1COc1ccc2ccccc2c1. The Labute approximate surface area is 252 Å². The second-order valence-corrected chi connectivity index (χ2v) is 10.7. The molecule has 1 atom stereocenters. The Morgan fingerprint density at radius 1 is 0.977 bits per heavy atom. The van der Waals surface area contributed by atoms with Gasteiger partial charge in [0.15, 0.2) is 5.78 Å². The highest BCUT2D eigenvalue weighted by Gasteiger charge is 2.43. The van der Waals surface area contributed by atoms with E-state index in [4.69, 9.17) is 15.2 Å². The van der Waals surface area contributed by atoms with Gasteiger partial charge >= 0.3 is 6.18 Å². The molecule has 0 saturated heterocycles. The Hall–Kier alpha value is -5.23. The predicted molar refractivity (Wildman–Crippen MR) is 161 cm³/mol. The molecule has 2 N–H and O–H groups in total. The Morgan fingerprint density at radius 3 is 2.48 bits per heavy atom. The quantitative estimate of drug-likeness (QED) is 0.245. The molecular formula is C35H28F3N3O3. The van der Waals surface area contributed by atoms with Crippen LogP contribution in [-0.2, 0) is 17.6 Å². The molecule has 9 heteroatoms. The van der Waals surface area contributed by atoms with Crippen LogP contribution in [0.2, 0.25) is 0 Å². The highest BCUT2D eigenvalue weighted by atomic mass is 19.4. The van der Waals surface area contributed by atoms with E-state index in [0.29, 0.717) is 41.2 Å². The molecule has 6 nitrogen and oxygen atoms in total. The monoisotopic (exact) mass is 595 g/mol. The van der Waals surface area contributed by atoms with Crippen molar-refractivity contribution in [3.8, 4) is 17.6 Å². The fraction of sp³-hybridized carbons (Fsp3) is 0.200. The average molecular weight is 596 g/mol. The fourth-order valence-corrected chi connectivity index (χ4v) is 6.11. The zero-order valence-corrected chi connectivity index (χ0v) is 23.8. The van der Waals surface area contributed by atoms with Gasteiger partial charge in [-0.05, 0) is 65.6 Å². The number of alkyl halides is 3. The van der Waals surface area contributed by atoms with Crippen molar-refractivity contribution in [2.24, 2.45) is 5.73 Å². The number of hydrogen-bond acceptors (Lipinski definition) is 6. The second-order valence-electron chi connectivity index (χ2n) is 10.7. The maximum Gasteiger partial charge on any atom is 0.418 e. The van der Waals surface area contributed by atoms with Crippen molar-refractivity contribution >= 4 is 22.2 Å². The number of benzene rings is 4. The Morgan fingerprint density at radius 2 is 1.73 bits per heavy atom. The zero-order valence-electron chi connectivity index (χ0n) is 23.8. The van der Waals surface area contributed by atoms with Crippen molar-refractivity contribution in [2.75, 3.05) is 12.0 Å². The van der Waals surface area contributed by atoms with E-state index >= 15 is 0 Å². The first-order valence-corrected chi connectivity index (χ1v) is 14.1. The first-order valence-electron chi connectivity index (χ1n) is 14.1. The molecule has 1 aliphatic carbocycles. The van der Waals surface area contributed by atoms with Crippen LogP contribution >= 0.6 is 0 Å². The third kappa shape index (κ3) is 5.13. The van der Waals surface area contributed by atoms with Crippen molar-refractivity contribution in [3.63, 3.8) is 0 Å². The Bertz CT molecular complexity index is 1890. The minimum Gasteiger partial charge on any atom is -0.496 e. The maximum atomic E-state index is 14.1. The topological polar surface area (TPSA) is 88.6 Å². The zero-order chi connectivity index (χ0) is 31.0. The number of nitrogens with zero attached hydrogens (tertiary/aromatic N) is 2. The lowest BCUT2D eigenvalue weighted by Crippen LogP contribution is -2.39. The van der Waals surface area contributed by atoms with E-state index in [1.54, 1.807) is 18.2 Å². The largest absolute Gasteiger partial charge is 0.496 e. The molecule has 44 heavy (non-hydrogen) atoms. The maximum absolute atomic E-state index is 14.1. The van der Waals surface area contributed by atoms with E-state index in [9.17, 15) is 23.2 Å². The Kier molecular flexibility index (Phi) is 7.52. The fourth-order valence-electron chi connectivity index (χ4n) is 6.11. The number of halogens is 3. The normalized spacial score (nSPS) is 17.0. The first kappa shape index (κ1) is 28.9. The van der Waals surface area contributed by atoms with E-state index < -0.39 is 17.7 Å². The summed E-state index contributed by atoms with van der Waals surface area (Å²) in [5, 5.41) is 12.5. The highest BCUT2D eigenvalue weighted by molar-refractivity contribution is 6.01. The molecule has 222 valence electrons. The van der Waals surface area contributed by atoms with Gasteiger partial charge < -0.3 is 15.2 Å². The van der Waals surface area contributed by atoms with E-state index in [2.05, 4.69) is 6.07 Å². The molecule has 4 aromatic rings. The summed E-state index contributed by atoms with van der Waals surface area (Å²) in [7, 11) is 1.54. The van der Waals surface area contributed by atoms with Crippen molar-refractivity contribution in [2.45, 2.75) is 38.0 Å². The molecule has 0 spiro atoms. The third-order valence-corrected chi connectivity index (χ3v) is 8.12. The number of carbonyl (C=O) groups excluding carboxylic acids is 1. The van der Waals surface area contributed by atoms with E-state index in [0.717, 1.165) is 16.8 Å². The van der Waals surface area contributed by atoms with Gasteiger partial charge in [0.05, 0.1) is 35.9 Å². The van der Waals surface area contributed by atoms with Gasteiger partial charge in [0.2, 0.25) is 0 Å². The number of fused-ring (bicyclic) bond motifs is 1. The van der Waals surface area contributed by atoms with E-state index in [-0.39, 0.29) is 41.5 Å². The predicted octanol–water partition coefficient (Wildman–Crippen LogP) is 7.75. The van der Waals surface area contributed by atoms with Gasteiger partial charge in [0.25, 0.3) is 0 Å². The number of allylic oxidation sites excluding steroid dienone is 3. The summed E-state index contributed by atoms with van der Waals surface area (Å²) in [6.07, 6.45) is -3.67. The summed E-state index contributed by atoms with van der Waals surface area (Å²) in [6, 6.07) is 26.2. The molecule has 0 radical (unpaired) electrons. The molecule has 1 heterocycles. The third-order valence-electron chi connectivity index (χ3n) is 8.12. The minimum absolute atomic E-state index is 0.00235. The van der Waals surface area contributed by atoms with Crippen LogP contribution in [0.25, 0.3) is 10.8 Å². The number of ketones is 1. The molecule has 1 aliphatic heterocycles. The number of nitrogens with two attached hydrogens (primary N) is 1. The van der Waals surface area contributed by atoms with Gasteiger partial charge in [-0.3, -0.25) is 9.69 Å². The van der Waals surface area contributed by atoms with Crippen molar-refractivity contribution in [3.05, 3.63) is 124 Å². The number of para-hydroxylation sites is 1. The molecule has 0 saturated carbocycles. The lowest BCUT2D eigenvalue weighted by atomic mass is 9.75. The molecular weight excluding hydrogens is 567 g/mol. The molecule has 0 fully saturated rings. The highest BCUT2D eigenvalue weighted by Crippen LogP contribution is 2.49. The lowest BCUT2D eigenvalue weighted by Gasteiger charge is -2.40. The van der Waals surface area contributed by atoms with Crippen LogP contribution < -0.4 is 20.1 Å². The molecule has 0 unspecified atom stereocenters. The minimum atomic E-state index is -4.67. The van der Waals surface area contributed by atoms with Crippen molar-refractivity contribution in [1.29, 1.82) is 5.26 Å². The van der Waals surface area contributed by atoms with E-state index in [1.165, 1.54) is 30.2 Å². The number of ether oxygens (including phenoxy) is 2. The number of hydrogen-bond donors (Lipinski definition) is 1. The van der Waals surface area contributed by atoms with Crippen LogP contribution in [0.3, 0.4) is 0 Å². The number of anilines is 1. The number of rotatable bonds is 6. The van der Waals surface area contributed by atoms with Gasteiger partial charge in [-0.15, -0.1) is 0 Å². The average Bonchev–Trinajstić information content (AvgIpc) is 3.02. The van der Waals surface area contributed by atoms with Gasteiger partial charge in [-0.2, -0.15) is 18.4 Å². The van der Waals surface area contributed by atoms with Gasteiger partial charge in [0.1, 0.15) is 23.9 Å². The number of Topliss-reactive ketones (excluding diaryl/α,β-unsaturated/α-hetero) is 1. The molecule has 4 aromatic carbocycles. The summed E-state index contributed by atoms with van der Waals surface area (Å²) in [5.41, 5.74) is 7.36. The van der Waals surface area contributed by atoms with Crippen molar-refractivity contribution < 1.29 is 27.4 Å². The summed E-state index contributed by atoms with van der Waals surface area (Å²) in [4.78, 5) is 14.8. The summed E-state index contributed by atoms with van der Waals surface area (Å²) < 4.78 is 54.0. The van der Waals surface area contributed by atoms with Gasteiger partial charge in [0, 0.05) is 23.3 Å². The molecule has 0 aromatic heterocycles. The summed E-state index contributed by atoms with van der Waals surface area (Å²) >= 11 is 0. The van der Waals surface area contributed by atoms with Crippen LogP contribution in [0, 0.1) is 11.3 Å². The standard InChI is InChI=1S/C35H28F3N3O3/c1-43-31-16-14-23(17-24(31)20-44-25-15-13-21-7-2-3-8-22(21)18-25)32-26(19-39)34(40)41(29-11-6-12-30(42)33(29)32)28-10-5-4-9-27(28)35(36,37)38/h2-5,7-10,13-18,32H,6,11-12,20,40H2,1H3/t32-/m0/s1. The second kappa shape index (κ2) is 11.5. The molecule has 0 bridgehead atoms. The number of carbonyl (C=O) groups is 1. The van der Waals surface area contributed by atoms with Crippen LogP contribution in [0.1, 0.15) is 41.9 Å². The number of nitriles is 1. The van der Waals surface area contributed by atoms with Crippen LogP contribution in [0.5, 0.6) is 11.5 Å².